The molecule has 0 amide bonds. The fourth-order valence-electron chi connectivity index (χ4n) is 0.906. The van der Waals surface area contributed by atoms with E-state index in [4.69, 9.17) is 5.11 Å². The van der Waals surface area contributed by atoms with Gasteiger partial charge in [0.1, 0.15) is 11.6 Å². The van der Waals surface area contributed by atoms with Crippen LogP contribution >= 0.6 is 0 Å². The van der Waals surface area contributed by atoms with Crippen molar-refractivity contribution in [3.05, 3.63) is 11.6 Å². The molecule has 0 fully saturated rings. The quantitative estimate of drug-likeness (QED) is 0.671. The maximum Gasteiger partial charge on any atom is 0.132 e. The van der Waals surface area contributed by atoms with Gasteiger partial charge >= 0.3 is 0 Å². The summed E-state index contributed by atoms with van der Waals surface area (Å²) in [5.41, 5.74) is 0. The van der Waals surface area contributed by atoms with E-state index in [1.54, 1.807) is 0 Å². The molecule has 0 atom stereocenters. The summed E-state index contributed by atoms with van der Waals surface area (Å²) < 4.78 is 1.94. The molecule has 1 aromatic rings. The molecule has 0 bridgehead atoms. The maximum atomic E-state index is 8.57. The van der Waals surface area contributed by atoms with E-state index >= 15 is 0 Å². The van der Waals surface area contributed by atoms with E-state index in [1.165, 1.54) is 0 Å². The summed E-state index contributed by atoms with van der Waals surface area (Å²) in [6.07, 6.45) is 1.56. The molecular formula is C7H13N3O. The Morgan fingerprint density at radius 1 is 1.45 bits per heavy atom. The monoisotopic (exact) mass is 155 g/mol. The molecule has 62 valence electrons. The van der Waals surface area contributed by atoms with Crippen LogP contribution < -0.4 is 0 Å². The number of aliphatic hydroxyl groups is 1. The summed E-state index contributed by atoms with van der Waals surface area (Å²) in [6, 6.07) is 0. The van der Waals surface area contributed by atoms with E-state index in [9.17, 15) is 0 Å². The lowest BCUT2D eigenvalue weighted by molar-refractivity contribution is 0.287. The zero-order valence-corrected chi connectivity index (χ0v) is 6.91. The predicted octanol–water partition coefficient (Wildman–Crippen LogP) is 0.0484. The molecule has 0 saturated carbocycles. The summed E-state index contributed by atoms with van der Waals surface area (Å²) in [6.45, 7) is 2.13. The Bertz CT molecular complexity index is 232. The minimum Gasteiger partial charge on any atom is -0.396 e. The first-order valence-corrected chi connectivity index (χ1v) is 3.71. The van der Waals surface area contributed by atoms with Crippen molar-refractivity contribution < 1.29 is 5.11 Å². The number of hydrogen-bond donors (Lipinski definition) is 1. The van der Waals surface area contributed by atoms with Crippen molar-refractivity contribution in [2.75, 3.05) is 6.61 Å². The largest absolute Gasteiger partial charge is 0.396 e. The SMILES string of the molecule is Cc1nnc(CCCO)n1C. The highest BCUT2D eigenvalue weighted by Crippen LogP contribution is 1.99. The van der Waals surface area contributed by atoms with Gasteiger partial charge in [-0.15, -0.1) is 10.2 Å². The number of nitrogens with zero attached hydrogens (tertiary/aromatic N) is 3. The van der Waals surface area contributed by atoms with Crippen LogP contribution in [0.2, 0.25) is 0 Å². The van der Waals surface area contributed by atoms with Crippen LogP contribution in [-0.4, -0.2) is 26.5 Å². The van der Waals surface area contributed by atoms with Crippen molar-refractivity contribution in [3.8, 4) is 0 Å². The van der Waals surface area contributed by atoms with Crippen LogP contribution in [0, 0.1) is 6.92 Å². The standard InChI is InChI=1S/C7H13N3O/c1-6-8-9-7(10(6)2)4-3-5-11/h11H,3-5H2,1-2H3. The summed E-state index contributed by atoms with van der Waals surface area (Å²) in [4.78, 5) is 0. The van der Waals surface area contributed by atoms with Gasteiger partial charge < -0.3 is 9.67 Å². The molecular weight excluding hydrogens is 142 g/mol. The first-order valence-electron chi connectivity index (χ1n) is 3.71. The van der Waals surface area contributed by atoms with Gasteiger partial charge in [0.2, 0.25) is 0 Å². The Labute approximate surface area is 65.9 Å². The van der Waals surface area contributed by atoms with Gasteiger partial charge in [0.05, 0.1) is 0 Å². The average Bonchev–Trinajstić information content (AvgIpc) is 2.31. The van der Waals surface area contributed by atoms with Crippen LogP contribution in [0.15, 0.2) is 0 Å². The molecule has 0 radical (unpaired) electrons. The molecule has 0 aliphatic heterocycles. The molecule has 0 aliphatic rings. The molecule has 11 heavy (non-hydrogen) atoms. The highest BCUT2D eigenvalue weighted by atomic mass is 16.2. The number of aryl methyl sites for hydroxylation is 2. The Kier molecular flexibility index (Phi) is 2.59. The van der Waals surface area contributed by atoms with Gasteiger partial charge in [-0.25, -0.2) is 0 Å². The summed E-state index contributed by atoms with van der Waals surface area (Å²) in [5, 5.41) is 16.4. The van der Waals surface area contributed by atoms with E-state index in [2.05, 4.69) is 10.2 Å². The summed E-state index contributed by atoms with van der Waals surface area (Å²) in [5.74, 6) is 1.86. The van der Waals surface area contributed by atoms with Crippen LogP contribution in [0.1, 0.15) is 18.1 Å². The first-order chi connectivity index (χ1) is 5.25. The average molecular weight is 155 g/mol. The Hall–Kier alpha value is -0.900. The molecule has 4 nitrogen and oxygen atoms in total. The normalized spacial score (nSPS) is 10.5. The number of hydrogen-bond acceptors (Lipinski definition) is 3. The van der Waals surface area contributed by atoms with Gasteiger partial charge in [0.25, 0.3) is 0 Å². The molecule has 1 heterocycles. The van der Waals surface area contributed by atoms with Gasteiger partial charge in [-0.2, -0.15) is 0 Å². The second-order valence-electron chi connectivity index (χ2n) is 2.55. The van der Waals surface area contributed by atoms with Crippen LogP contribution in [0.25, 0.3) is 0 Å². The van der Waals surface area contributed by atoms with E-state index in [1.807, 2.05) is 18.5 Å². The van der Waals surface area contributed by atoms with Crippen molar-refractivity contribution in [1.82, 2.24) is 14.8 Å². The summed E-state index contributed by atoms with van der Waals surface area (Å²) in [7, 11) is 1.93. The predicted molar refractivity (Wildman–Crippen MR) is 41.1 cm³/mol. The second-order valence-corrected chi connectivity index (χ2v) is 2.55. The lowest BCUT2D eigenvalue weighted by Gasteiger charge is -1.98. The fraction of sp³-hybridized carbons (Fsp3) is 0.714. The van der Waals surface area contributed by atoms with Crippen LogP contribution in [-0.2, 0) is 13.5 Å². The Balaban J connectivity index is 2.63. The van der Waals surface area contributed by atoms with E-state index in [-0.39, 0.29) is 6.61 Å². The maximum absolute atomic E-state index is 8.57. The van der Waals surface area contributed by atoms with Gasteiger partial charge in [-0.3, -0.25) is 0 Å². The number of rotatable bonds is 3. The highest BCUT2D eigenvalue weighted by Gasteiger charge is 2.02. The fourth-order valence-corrected chi connectivity index (χ4v) is 0.906. The van der Waals surface area contributed by atoms with Crippen molar-refractivity contribution in [3.63, 3.8) is 0 Å². The second kappa shape index (κ2) is 3.48. The molecule has 1 aromatic heterocycles. The van der Waals surface area contributed by atoms with E-state index < -0.39 is 0 Å². The molecule has 0 unspecified atom stereocenters. The Morgan fingerprint density at radius 3 is 2.64 bits per heavy atom. The smallest absolute Gasteiger partial charge is 0.132 e. The minimum absolute atomic E-state index is 0.214. The van der Waals surface area contributed by atoms with Crippen LogP contribution in [0.4, 0.5) is 0 Å². The third-order valence-electron chi connectivity index (χ3n) is 1.74. The van der Waals surface area contributed by atoms with Crippen molar-refractivity contribution >= 4 is 0 Å². The summed E-state index contributed by atoms with van der Waals surface area (Å²) >= 11 is 0. The molecule has 4 heteroatoms. The zero-order valence-electron chi connectivity index (χ0n) is 6.91. The topological polar surface area (TPSA) is 50.9 Å². The van der Waals surface area contributed by atoms with Gasteiger partial charge in [-0.05, 0) is 13.3 Å². The number of aromatic nitrogens is 3. The Morgan fingerprint density at radius 2 is 2.18 bits per heavy atom. The molecule has 1 N–H and O–H groups in total. The zero-order chi connectivity index (χ0) is 8.27. The minimum atomic E-state index is 0.214. The number of aliphatic hydroxyl groups excluding tert-OH is 1. The van der Waals surface area contributed by atoms with Crippen LogP contribution in [0.5, 0.6) is 0 Å². The lowest BCUT2D eigenvalue weighted by Crippen LogP contribution is -2.00. The van der Waals surface area contributed by atoms with Crippen molar-refractivity contribution in [2.45, 2.75) is 19.8 Å². The van der Waals surface area contributed by atoms with Crippen LogP contribution in [0.3, 0.4) is 0 Å². The lowest BCUT2D eigenvalue weighted by atomic mass is 10.3. The van der Waals surface area contributed by atoms with E-state index in [0.29, 0.717) is 0 Å². The molecule has 1 rings (SSSR count). The van der Waals surface area contributed by atoms with Gasteiger partial charge in [0.15, 0.2) is 0 Å². The van der Waals surface area contributed by atoms with Gasteiger partial charge in [0, 0.05) is 20.1 Å². The third kappa shape index (κ3) is 1.77. The molecule has 0 aromatic carbocycles. The van der Waals surface area contributed by atoms with Crippen molar-refractivity contribution in [2.24, 2.45) is 7.05 Å². The van der Waals surface area contributed by atoms with E-state index in [0.717, 1.165) is 24.5 Å². The first kappa shape index (κ1) is 8.20. The van der Waals surface area contributed by atoms with Gasteiger partial charge in [-0.1, -0.05) is 0 Å². The molecule has 0 saturated heterocycles. The third-order valence-corrected chi connectivity index (χ3v) is 1.74. The molecule has 0 spiro atoms. The highest BCUT2D eigenvalue weighted by molar-refractivity contribution is 4.92. The van der Waals surface area contributed by atoms with Crippen molar-refractivity contribution in [1.29, 1.82) is 0 Å². The molecule has 0 aliphatic carbocycles.